The van der Waals surface area contributed by atoms with Gasteiger partial charge >= 0.3 is 0 Å². The normalized spacial score (nSPS) is 11.8. The van der Waals surface area contributed by atoms with E-state index in [-0.39, 0.29) is 12.5 Å². The number of rotatable bonds is 7. The molecule has 1 N–H and O–H groups in total. The van der Waals surface area contributed by atoms with Gasteiger partial charge in [0, 0.05) is 5.56 Å². The van der Waals surface area contributed by atoms with Gasteiger partial charge in [0.15, 0.2) is 6.10 Å². The largest absolute Gasteiger partial charge is 0.480 e. The van der Waals surface area contributed by atoms with E-state index >= 15 is 0 Å². The average Bonchev–Trinajstić information content (AvgIpc) is 3.14. The smallest absolute Gasteiger partial charge is 0.261 e. The zero-order valence-electron chi connectivity index (χ0n) is 15.7. The Morgan fingerprint density at radius 1 is 1.19 bits per heavy atom. The van der Waals surface area contributed by atoms with Crippen LogP contribution in [-0.2, 0) is 11.3 Å². The van der Waals surface area contributed by atoms with E-state index in [1.165, 1.54) is 0 Å². The molecule has 0 fully saturated rings. The van der Waals surface area contributed by atoms with Crippen LogP contribution in [0.5, 0.6) is 5.75 Å². The summed E-state index contributed by atoms with van der Waals surface area (Å²) in [5.41, 5.74) is 2.99. The van der Waals surface area contributed by atoms with Gasteiger partial charge in [0.25, 0.3) is 5.91 Å². The molecule has 27 heavy (non-hydrogen) atoms. The number of para-hydroxylation sites is 1. The molecular formula is C21H23N3O3. The minimum atomic E-state index is -0.578. The predicted octanol–water partition coefficient (Wildman–Crippen LogP) is 3.83. The molecule has 2 aromatic carbocycles. The van der Waals surface area contributed by atoms with Crippen molar-refractivity contribution in [3.8, 4) is 17.1 Å². The predicted molar refractivity (Wildman–Crippen MR) is 102 cm³/mol. The number of nitrogens with one attached hydrogen (secondary N) is 1. The zero-order chi connectivity index (χ0) is 19.2. The lowest BCUT2D eigenvalue weighted by atomic mass is 10.1. The fraction of sp³-hybridized carbons (Fsp3) is 0.286. The van der Waals surface area contributed by atoms with Crippen molar-refractivity contribution in [3.63, 3.8) is 0 Å². The summed E-state index contributed by atoms with van der Waals surface area (Å²) >= 11 is 0. The Labute approximate surface area is 158 Å². The van der Waals surface area contributed by atoms with Crippen LogP contribution >= 0.6 is 0 Å². The van der Waals surface area contributed by atoms with E-state index in [0.29, 0.717) is 23.9 Å². The number of nitrogens with zero attached hydrogens (tertiary/aromatic N) is 2. The average molecular weight is 365 g/mol. The van der Waals surface area contributed by atoms with E-state index in [1.54, 1.807) is 0 Å². The minimum absolute atomic E-state index is 0.158. The van der Waals surface area contributed by atoms with Gasteiger partial charge in [-0.1, -0.05) is 54.0 Å². The van der Waals surface area contributed by atoms with Crippen LogP contribution in [0, 0.1) is 13.8 Å². The van der Waals surface area contributed by atoms with Gasteiger partial charge in [0.05, 0.1) is 6.54 Å². The number of aromatic nitrogens is 2. The van der Waals surface area contributed by atoms with E-state index in [1.807, 2.05) is 69.3 Å². The van der Waals surface area contributed by atoms with E-state index in [0.717, 1.165) is 16.7 Å². The first kappa shape index (κ1) is 18.6. The number of benzene rings is 2. The molecule has 6 heteroatoms. The van der Waals surface area contributed by atoms with Gasteiger partial charge in [-0.2, -0.15) is 4.98 Å². The first-order valence-corrected chi connectivity index (χ1v) is 8.96. The fourth-order valence-corrected chi connectivity index (χ4v) is 2.67. The van der Waals surface area contributed by atoms with Crippen LogP contribution in [0.25, 0.3) is 11.4 Å². The highest BCUT2D eigenvalue weighted by molar-refractivity contribution is 5.81. The molecule has 1 atom stereocenters. The van der Waals surface area contributed by atoms with Gasteiger partial charge in [-0.25, -0.2) is 0 Å². The molecular weight excluding hydrogens is 342 g/mol. The lowest BCUT2D eigenvalue weighted by Crippen LogP contribution is -2.37. The summed E-state index contributed by atoms with van der Waals surface area (Å²) in [6, 6.07) is 15.5. The molecule has 140 valence electrons. The molecule has 1 unspecified atom stereocenters. The third-order valence-electron chi connectivity index (χ3n) is 4.18. The molecule has 0 saturated heterocycles. The SMILES string of the molecule is CCC(Oc1ccccc1C)C(=O)NCc1nc(-c2cccc(C)c2)no1. The molecule has 0 saturated carbocycles. The highest BCUT2D eigenvalue weighted by Gasteiger charge is 2.20. The molecule has 0 radical (unpaired) electrons. The molecule has 0 aliphatic heterocycles. The number of carbonyl (C=O) groups is 1. The molecule has 3 aromatic rings. The summed E-state index contributed by atoms with van der Waals surface area (Å²) in [4.78, 5) is 16.8. The lowest BCUT2D eigenvalue weighted by Gasteiger charge is -2.18. The van der Waals surface area contributed by atoms with Crippen molar-refractivity contribution in [2.45, 2.75) is 39.8 Å². The number of amides is 1. The van der Waals surface area contributed by atoms with Gasteiger partial charge in [-0.15, -0.1) is 0 Å². The summed E-state index contributed by atoms with van der Waals surface area (Å²) < 4.78 is 11.1. The number of hydrogen-bond acceptors (Lipinski definition) is 5. The maximum absolute atomic E-state index is 12.5. The van der Waals surface area contributed by atoms with E-state index in [4.69, 9.17) is 9.26 Å². The molecule has 0 aliphatic carbocycles. The molecule has 6 nitrogen and oxygen atoms in total. The zero-order valence-corrected chi connectivity index (χ0v) is 15.7. The Kier molecular flexibility index (Phi) is 5.86. The van der Waals surface area contributed by atoms with E-state index < -0.39 is 6.10 Å². The molecule has 0 bridgehead atoms. The van der Waals surface area contributed by atoms with Crippen molar-refractivity contribution in [2.75, 3.05) is 0 Å². The van der Waals surface area contributed by atoms with Crippen molar-refractivity contribution < 1.29 is 14.1 Å². The van der Waals surface area contributed by atoms with Crippen molar-refractivity contribution in [1.29, 1.82) is 0 Å². The number of ether oxygens (including phenoxy) is 1. The van der Waals surface area contributed by atoms with Crippen molar-refractivity contribution in [1.82, 2.24) is 15.5 Å². The Morgan fingerprint density at radius 3 is 2.74 bits per heavy atom. The maximum atomic E-state index is 12.5. The van der Waals surface area contributed by atoms with Gasteiger partial charge < -0.3 is 14.6 Å². The van der Waals surface area contributed by atoms with Crippen LogP contribution in [0.2, 0.25) is 0 Å². The molecule has 1 heterocycles. The van der Waals surface area contributed by atoms with Crippen LogP contribution in [0.3, 0.4) is 0 Å². The topological polar surface area (TPSA) is 77.2 Å². The van der Waals surface area contributed by atoms with Crippen LogP contribution in [0.15, 0.2) is 53.1 Å². The van der Waals surface area contributed by atoms with Crippen molar-refractivity contribution in [3.05, 3.63) is 65.5 Å². The Hall–Kier alpha value is -3.15. The monoisotopic (exact) mass is 365 g/mol. The van der Waals surface area contributed by atoms with Crippen LogP contribution in [0.1, 0.15) is 30.4 Å². The standard InChI is InChI=1S/C21H23N3O3/c1-4-17(26-18-11-6-5-9-15(18)3)21(25)22-13-19-23-20(24-27-19)16-10-7-8-14(2)12-16/h5-12,17H,4,13H2,1-3H3,(H,22,25). The van der Waals surface area contributed by atoms with Crippen LogP contribution in [-0.4, -0.2) is 22.2 Å². The quantitative estimate of drug-likeness (QED) is 0.688. The van der Waals surface area contributed by atoms with Crippen molar-refractivity contribution >= 4 is 5.91 Å². The Bertz CT molecular complexity index is 920. The molecule has 0 spiro atoms. The number of carbonyl (C=O) groups excluding carboxylic acids is 1. The second kappa shape index (κ2) is 8.49. The molecule has 1 amide bonds. The van der Waals surface area contributed by atoms with Gasteiger partial charge in [0.2, 0.25) is 11.7 Å². The first-order valence-electron chi connectivity index (χ1n) is 8.96. The molecule has 3 rings (SSSR count). The minimum Gasteiger partial charge on any atom is -0.480 e. The van der Waals surface area contributed by atoms with Gasteiger partial charge in [-0.05, 0) is 38.0 Å². The van der Waals surface area contributed by atoms with Crippen LogP contribution < -0.4 is 10.1 Å². The van der Waals surface area contributed by atoms with Crippen molar-refractivity contribution in [2.24, 2.45) is 0 Å². The third kappa shape index (κ3) is 4.73. The summed E-state index contributed by atoms with van der Waals surface area (Å²) in [5.74, 6) is 1.35. The summed E-state index contributed by atoms with van der Waals surface area (Å²) in [6.07, 6.45) is -0.0243. The summed E-state index contributed by atoms with van der Waals surface area (Å²) in [5, 5.41) is 6.79. The molecule has 0 aliphatic rings. The first-order chi connectivity index (χ1) is 13.1. The van der Waals surface area contributed by atoms with E-state index in [9.17, 15) is 4.79 Å². The molecule has 1 aromatic heterocycles. The van der Waals surface area contributed by atoms with E-state index in [2.05, 4.69) is 15.5 Å². The maximum Gasteiger partial charge on any atom is 0.261 e. The number of hydrogen-bond donors (Lipinski definition) is 1. The highest BCUT2D eigenvalue weighted by atomic mass is 16.5. The van der Waals surface area contributed by atoms with Gasteiger partial charge in [-0.3, -0.25) is 4.79 Å². The summed E-state index contributed by atoms with van der Waals surface area (Å²) in [6.45, 7) is 6.02. The Balaban J connectivity index is 1.60. The number of aryl methyl sites for hydroxylation is 2. The third-order valence-corrected chi connectivity index (χ3v) is 4.18. The summed E-state index contributed by atoms with van der Waals surface area (Å²) in [7, 11) is 0. The van der Waals surface area contributed by atoms with Gasteiger partial charge in [0.1, 0.15) is 5.75 Å². The second-order valence-corrected chi connectivity index (χ2v) is 6.38. The highest BCUT2D eigenvalue weighted by Crippen LogP contribution is 2.19. The fourth-order valence-electron chi connectivity index (χ4n) is 2.67. The lowest BCUT2D eigenvalue weighted by molar-refractivity contribution is -0.128. The Morgan fingerprint density at radius 2 is 2.00 bits per heavy atom. The van der Waals surface area contributed by atoms with Crippen LogP contribution in [0.4, 0.5) is 0 Å². The second-order valence-electron chi connectivity index (χ2n) is 6.38.